The van der Waals surface area contributed by atoms with E-state index in [0.717, 1.165) is 5.56 Å². The van der Waals surface area contributed by atoms with Crippen LogP contribution in [0, 0.1) is 6.92 Å². The molecular weight excluding hydrogens is 466 g/mol. The number of carbonyl (C=O) groups is 2. The molecule has 3 aromatic carbocycles. The number of hydrogen-bond acceptors (Lipinski definition) is 5. The van der Waals surface area contributed by atoms with E-state index < -0.39 is 23.5 Å². The van der Waals surface area contributed by atoms with Gasteiger partial charge in [-0.25, -0.2) is 0 Å². The number of benzene rings is 3. The second-order valence-electron chi connectivity index (χ2n) is 8.30. The summed E-state index contributed by atoms with van der Waals surface area (Å²) in [6.07, 6.45) is 0. The molecule has 6 nitrogen and oxygen atoms in total. The monoisotopic (exact) mass is 487 g/mol. The summed E-state index contributed by atoms with van der Waals surface area (Å²) in [5.41, 5.74) is 2.61. The van der Waals surface area contributed by atoms with E-state index in [1.165, 1.54) is 4.90 Å². The first kappa shape index (κ1) is 22.7. The highest BCUT2D eigenvalue weighted by atomic mass is 35.5. The van der Waals surface area contributed by atoms with Crippen molar-refractivity contribution in [3.05, 3.63) is 106 Å². The molecule has 1 N–H and O–H groups in total. The van der Waals surface area contributed by atoms with Crippen molar-refractivity contribution < 1.29 is 23.8 Å². The van der Waals surface area contributed by atoms with Gasteiger partial charge >= 0.3 is 0 Å². The molecule has 2 heterocycles. The molecule has 0 bridgehead atoms. The molecule has 0 radical (unpaired) electrons. The maximum atomic E-state index is 13.7. The van der Waals surface area contributed by atoms with Gasteiger partial charge in [-0.05, 0) is 67.9 Å². The van der Waals surface area contributed by atoms with Crippen LogP contribution in [-0.2, 0) is 4.79 Å². The molecule has 4 aromatic rings. The fourth-order valence-electron chi connectivity index (χ4n) is 4.32. The Balaban J connectivity index is 1.65. The number of nitrogens with zero attached hydrogens (tertiary/aromatic N) is 1. The number of aryl methyl sites for hydroxylation is 1. The number of carbonyl (C=O) groups excluding carboxylic acids is 2. The molecule has 0 aliphatic carbocycles. The van der Waals surface area contributed by atoms with Crippen LogP contribution in [0.25, 0.3) is 11.0 Å². The number of amides is 1. The normalized spacial score (nSPS) is 15.8. The van der Waals surface area contributed by atoms with Gasteiger partial charge in [0.1, 0.15) is 11.3 Å². The SMILES string of the molecule is CCOc1cccc(C2C(C(=O)c3cc4cc(Cl)ccc4o3)=C(O)C(=O)N2c2ccc(C)cc2)c1. The molecular formula is C28H22ClNO5. The summed E-state index contributed by atoms with van der Waals surface area (Å²) in [7, 11) is 0. The predicted octanol–water partition coefficient (Wildman–Crippen LogP) is 6.58. The van der Waals surface area contributed by atoms with Gasteiger partial charge < -0.3 is 14.3 Å². The second-order valence-corrected chi connectivity index (χ2v) is 8.74. The number of ketones is 1. The van der Waals surface area contributed by atoms with Crippen molar-refractivity contribution in [2.45, 2.75) is 19.9 Å². The molecule has 176 valence electrons. The molecule has 1 aliphatic heterocycles. The van der Waals surface area contributed by atoms with E-state index in [-0.39, 0.29) is 11.3 Å². The summed E-state index contributed by atoms with van der Waals surface area (Å²) in [5, 5.41) is 12.1. The van der Waals surface area contributed by atoms with Crippen LogP contribution in [0.15, 0.2) is 88.5 Å². The molecule has 0 fully saturated rings. The fraction of sp³-hybridized carbons (Fsp3) is 0.143. The van der Waals surface area contributed by atoms with E-state index in [1.807, 2.05) is 26.0 Å². The zero-order chi connectivity index (χ0) is 24.7. The lowest BCUT2D eigenvalue weighted by molar-refractivity contribution is -0.117. The van der Waals surface area contributed by atoms with Crippen molar-refractivity contribution in [2.24, 2.45) is 0 Å². The molecule has 0 saturated heterocycles. The minimum atomic E-state index is -0.880. The highest BCUT2D eigenvalue weighted by Gasteiger charge is 2.45. The Morgan fingerprint density at radius 3 is 2.60 bits per heavy atom. The van der Waals surface area contributed by atoms with Crippen LogP contribution in [0.5, 0.6) is 5.75 Å². The summed E-state index contributed by atoms with van der Waals surface area (Å²) < 4.78 is 11.4. The number of aliphatic hydroxyl groups is 1. The number of hydrogen-bond donors (Lipinski definition) is 1. The zero-order valence-electron chi connectivity index (χ0n) is 19.1. The largest absolute Gasteiger partial charge is 0.503 e. The summed E-state index contributed by atoms with van der Waals surface area (Å²) in [4.78, 5) is 28.5. The van der Waals surface area contributed by atoms with Gasteiger partial charge in [-0.3, -0.25) is 14.5 Å². The minimum absolute atomic E-state index is 0.00772. The molecule has 1 aromatic heterocycles. The zero-order valence-corrected chi connectivity index (χ0v) is 19.9. The first-order valence-corrected chi connectivity index (χ1v) is 11.5. The van der Waals surface area contributed by atoms with Crippen LogP contribution in [0.3, 0.4) is 0 Å². The van der Waals surface area contributed by atoms with Gasteiger partial charge in [0.05, 0.1) is 18.2 Å². The van der Waals surface area contributed by atoms with Crippen LogP contribution in [-0.4, -0.2) is 23.4 Å². The molecule has 0 spiro atoms. The summed E-state index contributed by atoms with van der Waals surface area (Å²) >= 11 is 6.08. The Labute approximate surface area is 207 Å². The van der Waals surface area contributed by atoms with Crippen LogP contribution in [0.1, 0.15) is 34.6 Å². The third-order valence-corrected chi connectivity index (χ3v) is 6.19. The summed E-state index contributed by atoms with van der Waals surface area (Å²) in [5.74, 6) is -1.25. The third kappa shape index (κ3) is 4.06. The predicted molar refractivity (Wildman–Crippen MR) is 134 cm³/mol. The maximum Gasteiger partial charge on any atom is 0.294 e. The van der Waals surface area contributed by atoms with Crippen molar-refractivity contribution in [2.75, 3.05) is 11.5 Å². The van der Waals surface area contributed by atoms with E-state index in [2.05, 4.69) is 0 Å². The number of fused-ring (bicyclic) bond motifs is 1. The topological polar surface area (TPSA) is 80.0 Å². The molecule has 1 unspecified atom stereocenters. The molecule has 0 saturated carbocycles. The molecule has 1 aliphatic rings. The van der Waals surface area contributed by atoms with Gasteiger partial charge in [-0.2, -0.15) is 0 Å². The van der Waals surface area contributed by atoms with Gasteiger partial charge in [-0.15, -0.1) is 0 Å². The average molecular weight is 488 g/mol. The minimum Gasteiger partial charge on any atom is -0.503 e. The van der Waals surface area contributed by atoms with Crippen LogP contribution >= 0.6 is 11.6 Å². The third-order valence-electron chi connectivity index (χ3n) is 5.95. The lowest BCUT2D eigenvalue weighted by Gasteiger charge is -2.27. The van der Waals surface area contributed by atoms with E-state index in [4.69, 9.17) is 20.8 Å². The van der Waals surface area contributed by atoms with Crippen molar-refractivity contribution in [1.82, 2.24) is 0 Å². The average Bonchev–Trinajstić information content (AvgIpc) is 3.38. The number of aliphatic hydroxyl groups excluding tert-OH is 1. The highest BCUT2D eigenvalue weighted by Crippen LogP contribution is 2.43. The summed E-state index contributed by atoms with van der Waals surface area (Å²) in [6.45, 7) is 4.28. The molecule has 35 heavy (non-hydrogen) atoms. The Kier molecular flexibility index (Phi) is 5.83. The first-order chi connectivity index (χ1) is 16.9. The molecule has 7 heteroatoms. The number of ether oxygens (including phenoxy) is 1. The van der Waals surface area contributed by atoms with Gasteiger partial charge in [0.15, 0.2) is 11.5 Å². The van der Waals surface area contributed by atoms with Crippen LogP contribution in [0.4, 0.5) is 5.69 Å². The lowest BCUT2D eigenvalue weighted by Crippen LogP contribution is -2.31. The van der Waals surface area contributed by atoms with Gasteiger partial charge in [0, 0.05) is 16.1 Å². The van der Waals surface area contributed by atoms with Gasteiger partial charge in [0.2, 0.25) is 5.78 Å². The van der Waals surface area contributed by atoms with Crippen LogP contribution < -0.4 is 9.64 Å². The van der Waals surface area contributed by atoms with Crippen LogP contribution in [0.2, 0.25) is 5.02 Å². The number of rotatable bonds is 6. The number of Topliss-reactive ketones (excluding diaryl/α,β-unsaturated/α-hetero) is 1. The second kappa shape index (κ2) is 8.96. The number of anilines is 1. The van der Waals surface area contributed by atoms with Crippen molar-refractivity contribution in [1.29, 1.82) is 0 Å². The Morgan fingerprint density at radius 1 is 1.09 bits per heavy atom. The van der Waals surface area contributed by atoms with Crippen molar-refractivity contribution in [3.63, 3.8) is 0 Å². The molecule has 5 rings (SSSR count). The maximum absolute atomic E-state index is 13.7. The Bertz CT molecular complexity index is 1490. The highest BCUT2D eigenvalue weighted by molar-refractivity contribution is 6.31. The Hall–Kier alpha value is -4.03. The first-order valence-electron chi connectivity index (χ1n) is 11.2. The molecule has 1 amide bonds. The van der Waals surface area contributed by atoms with E-state index in [0.29, 0.717) is 39.6 Å². The smallest absolute Gasteiger partial charge is 0.294 e. The van der Waals surface area contributed by atoms with E-state index >= 15 is 0 Å². The van der Waals surface area contributed by atoms with Gasteiger partial charge in [-0.1, -0.05) is 41.4 Å². The van der Waals surface area contributed by atoms with Crippen molar-refractivity contribution >= 4 is 39.9 Å². The number of halogens is 1. The fourth-order valence-corrected chi connectivity index (χ4v) is 4.50. The van der Waals surface area contributed by atoms with Crippen molar-refractivity contribution in [3.8, 4) is 5.75 Å². The summed E-state index contributed by atoms with van der Waals surface area (Å²) in [6, 6.07) is 20.2. The molecule has 1 atom stereocenters. The van der Waals surface area contributed by atoms with Gasteiger partial charge in [0.25, 0.3) is 5.91 Å². The standard InChI is InChI=1S/C28H22ClNO5/c1-3-34-21-6-4-5-17(14-21)25-24(26(31)23-15-18-13-19(29)9-12-22(18)35-23)27(32)28(33)30(25)20-10-7-16(2)8-11-20/h4-15,25,32H,3H2,1-2H3. The van der Waals surface area contributed by atoms with E-state index in [1.54, 1.807) is 60.7 Å². The van der Waals surface area contributed by atoms with E-state index in [9.17, 15) is 14.7 Å². The Morgan fingerprint density at radius 2 is 1.86 bits per heavy atom. The lowest BCUT2D eigenvalue weighted by atomic mass is 9.94. The number of furan rings is 1. The quantitative estimate of drug-likeness (QED) is 0.311.